The third kappa shape index (κ3) is 3.40. The maximum atomic E-state index is 14.1. The average molecular weight is 325 g/mol. The van der Waals surface area contributed by atoms with Gasteiger partial charge >= 0.3 is 0 Å². The number of imide groups is 1. The predicted octanol–water partition coefficient (Wildman–Crippen LogP) is 2.46. The van der Waals surface area contributed by atoms with Crippen molar-refractivity contribution in [3.63, 3.8) is 0 Å². The van der Waals surface area contributed by atoms with Gasteiger partial charge in [-0.25, -0.2) is 8.78 Å². The van der Waals surface area contributed by atoms with Gasteiger partial charge < -0.3 is 9.47 Å². The standard InChI is InChI=1S/C16H17F2NO4/c17-16(18,10-23-13-7-3-4-8-22-13)9-19-14(20)11-5-1-2-6-12(11)15(19)21/h1-2,5-6,13H,3-4,7-10H2. The second kappa shape index (κ2) is 6.33. The van der Waals surface area contributed by atoms with Crippen LogP contribution in [0.15, 0.2) is 24.3 Å². The number of rotatable bonds is 5. The Bertz CT molecular complexity index is 579. The molecule has 2 aliphatic heterocycles. The largest absolute Gasteiger partial charge is 0.353 e. The lowest BCUT2D eigenvalue weighted by Crippen LogP contribution is -2.44. The topological polar surface area (TPSA) is 55.8 Å². The minimum Gasteiger partial charge on any atom is -0.353 e. The Morgan fingerprint density at radius 2 is 1.83 bits per heavy atom. The van der Waals surface area contributed by atoms with Gasteiger partial charge in [0.1, 0.15) is 6.61 Å². The number of nitrogens with zero attached hydrogens (tertiary/aromatic N) is 1. The number of alkyl halides is 2. The zero-order chi connectivity index (χ0) is 16.4. The maximum absolute atomic E-state index is 14.1. The summed E-state index contributed by atoms with van der Waals surface area (Å²) in [6.45, 7) is -1.38. The van der Waals surface area contributed by atoms with Crippen molar-refractivity contribution in [3.05, 3.63) is 35.4 Å². The lowest BCUT2D eigenvalue weighted by Gasteiger charge is -2.27. The molecule has 7 heteroatoms. The Labute approximate surface area is 132 Å². The van der Waals surface area contributed by atoms with Crippen LogP contribution < -0.4 is 0 Å². The van der Waals surface area contributed by atoms with E-state index < -0.39 is 37.2 Å². The molecular weight excluding hydrogens is 308 g/mol. The Kier molecular flexibility index (Phi) is 4.41. The van der Waals surface area contributed by atoms with Gasteiger partial charge in [0.15, 0.2) is 6.29 Å². The molecule has 2 heterocycles. The molecule has 3 rings (SSSR count). The summed E-state index contributed by atoms with van der Waals surface area (Å²) in [5, 5.41) is 0. The molecule has 0 aromatic heterocycles. The fourth-order valence-electron chi connectivity index (χ4n) is 2.72. The first kappa shape index (κ1) is 16.0. The fourth-order valence-corrected chi connectivity index (χ4v) is 2.72. The van der Waals surface area contributed by atoms with Gasteiger partial charge in [-0.15, -0.1) is 0 Å². The zero-order valence-electron chi connectivity index (χ0n) is 12.5. The number of carbonyl (C=O) groups is 2. The molecule has 1 aromatic carbocycles. The summed E-state index contributed by atoms with van der Waals surface area (Å²) >= 11 is 0. The summed E-state index contributed by atoms with van der Waals surface area (Å²) in [5.41, 5.74) is 0.315. The van der Waals surface area contributed by atoms with Gasteiger partial charge in [0.2, 0.25) is 0 Å². The van der Waals surface area contributed by atoms with Crippen molar-refractivity contribution in [1.82, 2.24) is 4.90 Å². The van der Waals surface area contributed by atoms with Gasteiger partial charge in [0, 0.05) is 6.61 Å². The van der Waals surface area contributed by atoms with Crippen LogP contribution in [0, 0.1) is 0 Å². The number of fused-ring (bicyclic) bond motifs is 1. The molecule has 2 amide bonds. The van der Waals surface area contributed by atoms with Crippen molar-refractivity contribution in [1.29, 1.82) is 0 Å². The molecule has 5 nitrogen and oxygen atoms in total. The van der Waals surface area contributed by atoms with Crippen molar-refractivity contribution in [2.24, 2.45) is 0 Å². The van der Waals surface area contributed by atoms with Crippen molar-refractivity contribution in [3.8, 4) is 0 Å². The van der Waals surface area contributed by atoms with Crippen LogP contribution in [0.4, 0.5) is 8.78 Å². The third-order valence-electron chi connectivity index (χ3n) is 3.89. The van der Waals surface area contributed by atoms with E-state index in [4.69, 9.17) is 9.47 Å². The summed E-state index contributed by atoms with van der Waals surface area (Å²) in [6, 6.07) is 6.10. The molecule has 1 fully saturated rings. The summed E-state index contributed by atoms with van der Waals surface area (Å²) in [4.78, 5) is 24.8. The Morgan fingerprint density at radius 3 is 2.39 bits per heavy atom. The van der Waals surface area contributed by atoms with Gasteiger partial charge in [-0.3, -0.25) is 14.5 Å². The van der Waals surface area contributed by atoms with Crippen molar-refractivity contribution in [2.45, 2.75) is 31.5 Å². The van der Waals surface area contributed by atoms with E-state index in [-0.39, 0.29) is 11.1 Å². The van der Waals surface area contributed by atoms with Gasteiger partial charge in [0.05, 0.1) is 17.7 Å². The highest BCUT2D eigenvalue weighted by Crippen LogP contribution is 2.27. The first-order valence-corrected chi connectivity index (χ1v) is 7.54. The maximum Gasteiger partial charge on any atom is 0.288 e. The quantitative estimate of drug-likeness (QED) is 0.781. The monoisotopic (exact) mass is 325 g/mol. The van der Waals surface area contributed by atoms with Crippen LogP contribution in [0.25, 0.3) is 0 Å². The molecule has 0 aliphatic carbocycles. The second-order valence-corrected chi connectivity index (χ2v) is 5.71. The molecule has 1 atom stereocenters. The molecule has 0 saturated carbocycles. The smallest absolute Gasteiger partial charge is 0.288 e. The highest BCUT2D eigenvalue weighted by molar-refractivity contribution is 6.21. The van der Waals surface area contributed by atoms with E-state index in [1.54, 1.807) is 12.1 Å². The van der Waals surface area contributed by atoms with Crippen molar-refractivity contribution in [2.75, 3.05) is 19.8 Å². The predicted molar refractivity (Wildman–Crippen MR) is 76.3 cm³/mol. The number of amides is 2. The molecule has 124 valence electrons. The van der Waals surface area contributed by atoms with Gasteiger partial charge in [-0.1, -0.05) is 12.1 Å². The van der Waals surface area contributed by atoms with E-state index in [9.17, 15) is 18.4 Å². The molecule has 0 bridgehead atoms. The second-order valence-electron chi connectivity index (χ2n) is 5.71. The molecule has 0 radical (unpaired) electrons. The number of hydrogen-bond acceptors (Lipinski definition) is 4. The van der Waals surface area contributed by atoms with Gasteiger partial charge in [-0.05, 0) is 31.4 Å². The molecule has 1 aromatic rings. The number of benzene rings is 1. The lowest BCUT2D eigenvalue weighted by atomic mass is 10.1. The Morgan fingerprint density at radius 1 is 1.17 bits per heavy atom. The molecule has 1 unspecified atom stereocenters. The average Bonchev–Trinajstić information content (AvgIpc) is 2.79. The van der Waals surface area contributed by atoms with E-state index in [1.807, 2.05) is 0 Å². The first-order chi connectivity index (χ1) is 11.0. The number of hydrogen-bond donors (Lipinski definition) is 0. The van der Waals surface area contributed by atoms with Crippen LogP contribution >= 0.6 is 0 Å². The summed E-state index contributed by atoms with van der Waals surface area (Å²) in [6.07, 6.45) is 1.69. The van der Waals surface area contributed by atoms with Crippen LogP contribution in [0.3, 0.4) is 0 Å². The summed E-state index contributed by atoms with van der Waals surface area (Å²) < 4.78 is 38.5. The Balaban J connectivity index is 1.62. The Hall–Kier alpha value is -1.86. The molecule has 0 spiro atoms. The highest BCUT2D eigenvalue weighted by atomic mass is 19.3. The normalized spacial score (nSPS) is 21.7. The SMILES string of the molecule is O=C1c2ccccc2C(=O)N1CC(F)(F)COC1CCCCO1. The van der Waals surface area contributed by atoms with Gasteiger partial charge in [-0.2, -0.15) is 0 Å². The minimum atomic E-state index is -3.33. The number of ether oxygens (including phenoxy) is 2. The van der Waals surface area contributed by atoms with Crippen LogP contribution in [0.5, 0.6) is 0 Å². The summed E-state index contributed by atoms with van der Waals surface area (Å²) in [5.74, 6) is -4.72. The van der Waals surface area contributed by atoms with E-state index in [2.05, 4.69) is 0 Å². The van der Waals surface area contributed by atoms with Crippen LogP contribution in [-0.2, 0) is 9.47 Å². The fraction of sp³-hybridized carbons (Fsp3) is 0.500. The van der Waals surface area contributed by atoms with E-state index in [0.29, 0.717) is 17.9 Å². The molecule has 2 aliphatic rings. The molecular formula is C16H17F2NO4. The van der Waals surface area contributed by atoms with E-state index in [1.165, 1.54) is 12.1 Å². The van der Waals surface area contributed by atoms with Crippen LogP contribution in [0.1, 0.15) is 40.0 Å². The number of carbonyl (C=O) groups excluding carboxylic acids is 2. The first-order valence-electron chi connectivity index (χ1n) is 7.54. The van der Waals surface area contributed by atoms with E-state index >= 15 is 0 Å². The van der Waals surface area contributed by atoms with Crippen LogP contribution in [-0.4, -0.2) is 48.7 Å². The molecule has 0 N–H and O–H groups in total. The van der Waals surface area contributed by atoms with Crippen molar-refractivity contribution < 1.29 is 27.8 Å². The zero-order valence-corrected chi connectivity index (χ0v) is 12.5. The van der Waals surface area contributed by atoms with Crippen LogP contribution in [0.2, 0.25) is 0 Å². The third-order valence-corrected chi connectivity index (χ3v) is 3.89. The van der Waals surface area contributed by atoms with Gasteiger partial charge in [0.25, 0.3) is 17.7 Å². The summed E-state index contributed by atoms with van der Waals surface area (Å²) in [7, 11) is 0. The van der Waals surface area contributed by atoms with Crippen molar-refractivity contribution >= 4 is 11.8 Å². The molecule has 23 heavy (non-hydrogen) atoms. The molecule has 1 saturated heterocycles. The minimum absolute atomic E-state index is 0.157. The van der Waals surface area contributed by atoms with E-state index in [0.717, 1.165) is 12.8 Å². The number of halogens is 2. The highest BCUT2D eigenvalue weighted by Gasteiger charge is 2.42. The lowest BCUT2D eigenvalue weighted by molar-refractivity contribution is -0.201.